The molecule has 0 aliphatic heterocycles. The lowest BCUT2D eigenvalue weighted by atomic mass is 10.2. The molecule has 0 nitrogen and oxygen atoms in total. The first-order chi connectivity index (χ1) is 5.31. The Hall–Kier alpha value is 0.640. The van der Waals surface area contributed by atoms with Crippen molar-refractivity contribution in [2.45, 2.75) is 44.8 Å². The van der Waals surface area contributed by atoms with Crippen molar-refractivity contribution in [1.82, 2.24) is 0 Å². The Labute approximate surface area is 80.1 Å². The summed E-state index contributed by atoms with van der Waals surface area (Å²) in [5, 5.41) is 0.637. The van der Waals surface area contributed by atoms with Crippen LogP contribution in [0.3, 0.4) is 0 Å². The highest BCUT2D eigenvalue weighted by Gasteiger charge is 1.98. The van der Waals surface area contributed by atoms with Crippen molar-refractivity contribution >= 4 is 23.4 Å². The molecular formula is C9H19ClS. The molecule has 0 N–H and O–H groups in total. The molecule has 0 fully saturated rings. The van der Waals surface area contributed by atoms with Gasteiger partial charge in [0.15, 0.2) is 0 Å². The Balaban J connectivity index is 2.89. The summed E-state index contributed by atoms with van der Waals surface area (Å²) in [4.78, 5) is 0. The molecule has 0 saturated heterocycles. The minimum Gasteiger partial charge on any atom is -0.158 e. The van der Waals surface area contributed by atoms with Gasteiger partial charge >= 0.3 is 0 Å². The summed E-state index contributed by atoms with van der Waals surface area (Å²) in [5.41, 5.74) is 0. The largest absolute Gasteiger partial charge is 0.158 e. The molecule has 0 aliphatic carbocycles. The number of unbranched alkanes of at least 4 members (excludes halogenated alkanes) is 3. The number of halogens is 1. The van der Waals surface area contributed by atoms with Gasteiger partial charge in [-0.05, 0) is 12.2 Å². The van der Waals surface area contributed by atoms with Crippen molar-refractivity contribution < 1.29 is 0 Å². The van der Waals surface area contributed by atoms with Crippen LogP contribution < -0.4 is 0 Å². The van der Waals surface area contributed by atoms with E-state index in [0.717, 1.165) is 5.88 Å². The van der Waals surface area contributed by atoms with E-state index in [4.69, 9.17) is 11.6 Å². The highest BCUT2D eigenvalue weighted by molar-refractivity contribution is 7.99. The van der Waals surface area contributed by atoms with Gasteiger partial charge in [0.2, 0.25) is 0 Å². The van der Waals surface area contributed by atoms with Crippen LogP contribution in [0.1, 0.15) is 39.5 Å². The summed E-state index contributed by atoms with van der Waals surface area (Å²) < 4.78 is 0. The van der Waals surface area contributed by atoms with Gasteiger partial charge in [0.1, 0.15) is 0 Å². The Bertz CT molecular complexity index is 76.0. The predicted octanol–water partition coefficient (Wildman–Crippen LogP) is 3.93. The van der Waals surface area contributed by atoms with E-state index in [-0.39, 0.29) is 0 Å². The van der Waals surface area contributed by atoms with Crippen LogP contribution in [0.25, 0.3) is 0 Å². The van der Waals surface area contributed by atoms with E-state index in [2.05, 4.69) is 13.8 Å². The maximum atomic E-state index is 5.67. The van der Waals surface area contributed by atoms with Gasteiger partial charge in [-0.15, -0.1) is 11.6 Å². The average Bonchev–Trinajstić information content (AvgIpc) is 2.04. The molecule has 68 valence electrons. The summed E-state index contributed by atoms with van der Waals surface area (Å²) in [6.45, 7) is 4.44. The molecule has 0 heterocycles. The number of hydrogen-bond acceptors (Lipinski definition) is 1. The Morgan fingerprint density at radius 3 is 2.55 bits per heavy atom. The van der Waals surface area contributed by atoms with Crippen molar-refractivity contribution in [3.8, 4) is 0 Å². The minimum atomic E-state index is 0.637. The van der Waals surface area contributed by atoms with Gasteiger partial charge in [-0.2, -0.15) is 11.8 Å². The third-order valence-electron chi connectivity index (χ3n) is 1.62. The number of hydrogen-bond donors (Lipinski definition) is 0. The van der Waals surface area contributed by atoms with Crippen LogP contribution in [0.2, 0.25) is 0 Å². The smallest absolute Gasteiger partial charge is 0.0339 e. The SMILES string of the molecule is CCCCCCSC(C)CCl. The second-order valence-electron chi connectivity index (χ2n) is 2.90. The first-order valence-electron chi connectivity index (χ1n) is 4.48. The van der Waals surface area contributed by atoms with E-state index in [0.29, 0.717) is 5.25 Å². The molecule has 0 aromatic rings. The third-order valence-corrected chi connectivity index (χ3v) is 3.52. The van der Waals surface area contributed by atoms with E-state index in [9.17, 15) is 0 Å². The molecule has 0 aliphatic rings. The fourth-order valence-electron chi connectivity index (χ4n) is 0.858. The zero-order valence-electron chi connectivity index (χ0n) is 7.61. The molecule has 0 saturated carbocycles. The summed E-state index contributed by atoms with van der Waals surface area (Å²) in [6.07, 6.45) is 5.46. The van der Waals surface area contributed by atoms with E-state index in [1.807, 2.05) is 11.8 Å². The normalized spacial score (nSPS) is 13.4. The number of thioether (sulfide) groups is 1. The van der Waals surface area contributed by atoms with Crippen molar-refractivity contribution in [1.29, 1.82) is 0 Å². The van der Waals surface area contributed by atoms with Crippen molar-refractivity contribution in [3.63, 3.8) is 0 Å². The lowest BCUT2D eigenvalue weighted by Crippen LogP contribution is -1.98. The van der Waals surface area contributed by atoms with Gasteiger partial charge in [0.05, 0.1) is 0 Å². The summed E-state index contributed by atoms with van der Waals surface area (Å²) in [6, 6.07) is 0. The molecule has 1 unspecified atom stereocenters. The Kier molecular flexibility index (Phi) is 9.24. The summed E-state index contributed by atoms with van der Waals surface area (Å²) >= 11 is 7.67. The first kappa shape index (κ1) is 11.6. The second-order valence-corrected chi connectivity index (χ2v) is 4.75. The van der Waals surface area contributed by atoms with E-state index >= 15 is 0 Å². The maximum Gasteiger partial charge on any atom is 0.0339 e. The molecule has 0 radical (unpaired) electrons. The maximum absolute atomic E-state index is 5.67. The topological polar surface area (TPSA) is 0 Å². The molecule has 0 rings (SSSR count). The van der Waals surface area contributed by atoms with Crippen LogP contribution in [-0.2, 0) is 0 Å². The molecular weight excluding hydrogens is 176 g/mol. The lowest BCUT2D eigenvalue weighted by molar-refractivity contribution is 0.706. The van der Waals surface area contributed by atoms with Gasteiger partial charge in [0.25, 0.3) is 0 Å². The Morgan fingerprint density at radius 2 is 2.00 bits per heavy atom. The van der Waals surface area contributed by atoms with Gasteiger partial charge in [-0.3, -0.25) is 0 Å². The van der Waals surface area contributed by atoms with Crippen LogP contribution in [0.5, 0.6) is 0 Å². The zero-order chi connectivity index (χ0) is 8.53. The lowest BCUT2D eigenvalue weighted by Gasteiger charge is -2.05. The van der Waals surface area contributed by atoms with E-state index in [1.54, 1.807) is 0 Å². The monoisotopic (exact) mass is 194 g/mol. The molecule has 2 heteroatoms. The first-order valence-corrected chi connectivity index (χ1v) is 6.07. The van der Waals surface area contributed by atoms with Crippen LogP contribution >= 0.6 is 23.4 Å². The van der Waals surface area contributed by atoms with Crippen molar-refractivity contribution in [2.75, 3.05) is 11.6 Å². The molecule has 1 atom stereocenters. The number of alkyl halides is 1. The van der Waals surface area contributed by atoms with Gasteiger partial charge in [-0.25, -0.2) is 0 Å². The van der Waals surface area contributed by atoms with E-state index in [1.165, 1.54) is 31.4 Å². The van der Waals surface area contributed by atoms with Crippen LogP contribution in [0.4, 0.5) is 0 Å². The predicted molar refractivity (Wildman–Crippen MR) is 56.8 cm³/mol. The van der Waals surface area contributed by atoms with Crippen LogP contribution in [0, 0.1) is 0 Å². The summed E-state index contributed by atoms with van der Waals surface area (Å²) in [5.74, 6) is 2.08. The van der Waals surface area contributed by atoms with E-state index < -0.39 is 0 Å². The van der Waals surface area contributed by atoms with Crippen LogP contribution in [0.15, 0.2) is 0 Å². The minimum absolute atomic E-state index is 0.637. The second kappa shape index (κ2) is 8.73. The fourth-order valence-corrected chi connectivity index (χ4v) is 1.99. The molecule has 0 bridgehead atoms. The highest BCUT2D eigenvalue weighted by Crippen LogP contribution is 2.14. The molecule has 0 amide bonds. The fraction of sp³-hybridized carbons (Fsp3) is 1.00. The quantitative estimate of drug-likeness (QED) is 0.437. The molecule has 11 heavy (non-hydrogen) atoms. The zero-order valence-corrected chi connectivity index (χ0v) is 9.18. The number of rotatable bonds is 7. The third kappa shape index (κ3) is 8.55. The van der Waals surface area contributed by atoms with Gasteiger partial charge < -0.3 is 0 Å². The van der Waals surface area contributed by atoms with Crippen LogP contribution in [-0.4, -0.2) is 16.9 Å². The molecule has 0 aromatic carbocycles. The highest BCUT2D eigenvalue weighted by atomic mass is 35.5. The van der Waals surface area contributed by atoms with Crippen molar-refractivity contribution in [2.24, 2.45) is 0 Å². The van der Waals surface area contributed by atoms with Crippen molar-refractivity contribution in [3.05, 3.63) is 0 Å². The van der Waals surface area contributed by atoms with Gasteiger partial charge in [-0.1, -0.05) is 33.1 Å². The molecule has 0 spiro atoms. The molecule has 0 aromatic heterocycles. The summed E-state index contributed by atoms with van der Waals surface area (Å²) in [7, 11) is 0. The average molecular weight is 195 g/mol. The standard InChI is InChI=1S/C9H19ClS/c1-3-4-5-6-7-11-9(2)8-10/h9H,3-8H2,1-2H3. The van der Waals surface area contributed by atoms with Gasteiger partial charge in [0, 0.05) is 11.1 Å². The Morgan fingerprint density at radius 1 is 1.27 bits per heavy atom.